The summed E-state index contributed by atoms with van der Waals surface area (Å²) in [6.07, 6.45) is -3.52. The Morgan fingerprint density at radius 1 is 1.00 bits per heavy atom. The van der Waals surface area contributed by atoms with Crippen LogP contribution >= 0.6 is 0 Å². The fourth-order valence-electron chi connectivity index (χ4n) is 4.18. The van der Waals surface area contributed by atoms with Gasteiger partial charge in [0.15, 0.2) is 0 Å². The van der Waals surface area contributed by atoms with Crippen LogP contribution in [0.3, 0.4) is 0 Å². The number of halogens is 3. The molecule has 0 spiro atoms. The van der Waals surface area contributed by atoms with E-state index in [9.17, 15) is 22.8 Å². The van der Waals surface area contributed by atoms with E-state index < -0.39 is 29.7 Å². The van der Waals surface area contributed by atoms with Crippen molar-refractivity contribution in [3.63, 3.8) is 0 Å². The predicted molar refractivity (Wildman–Crippen MR) is 120 cm³/mol. The number of carbonyl (C=O) groups is 2. The van der Waals surface area contributed by atoms with Crippen LogP contribution in [-0.2, 0) is 15.8 Å². The van der Waals surface area contributed by atoms with E-state index in [0.29, 0.717) is 18.4 Å². The summed E-state index contributed by atoms with van der Waals surface area (Å²) in [5.41, 5.74) is 9.34. The first-order valence-electron chi connectivity index (χ1n) is 11.0. The summed E-state index contributed by atoms with van der Waals surface area (Å²) < 4.78 is 39.3. The smallest absolute Gasteiger partial charge is 0.320 e. The molecule has 0 aromatic heterocycles. The van der Waals surface area contributed by atoms with Gasteiger partial charge in [0.2, 0.25) is 5.91 Å². The molecular weight excluding hydrogens is 431 g/mol. The molecule has 3 rings (SSSR count). The summed E-state index contributed by atoms with van der Waals surface area (Å²) in [6.45, 7) is 5.71. The minimum atomic E-state index is -4.46. The Morgan fingerprint density at radius 3 is 2.15 bits per heavy atom. The van der Waals surface area contributed by atoms with Gasteiger partial charge in [-0.2, -0.15) is 13.2 Å². The molecule has 0 bridgehead atoms. The van der Waals surface area contributed by atoms with Crippen LogP contribution < -0.4 is 11.2 Å². The highest BCUT2D eigenvalue weighted by Gasteiger charge is 2.38. The molecule has 1 heterocycles. The third-order valence-electron chi connectivity index (χ3n) is 5.74. The zero-order valence-electron chi connectivity index (χ0n) is 19.0. The first-order valence-corrected chi connectivity index (χ1v) is 11.0. The Labute approximate surface area is 192 Å². The molecular formula is C25H30F3N3O2. The van der Waals surface area contributed by atoms with Gasteiger partial charge in [0.1, 0.15) is 0 Å². The van der Waals surface area contributed by atoms with Gasteiger partial charge in [0.05, 0.1) is 17.6 Å². The van der Waals surface area contributed by atoms with E-state index in [1.807, 2.05) is 51.1 Å². The van der Waals surface area contributed by atoms with Gasteiger partial charge in [-0.3, -0.25) is 15.0 Å². The van der Waals surface area contributed by atoms with Crippen molar-refractivity contribution in [1.29, 1.82) is 0 Å². The van der Waals surface area contributed by atoms with Gasteiger partial charge in [-0.05, 0) is 47.4 Å². The van der Waals surface area contributed by atoms with E-state index in [0.717, 1.165) is 17.7 Å². The third kappa shape index (κ3) is 6.35. The number of hydrogen-bond donors (Lipinski definition) is 2. The van der Waals surface area contributed by atoms with Crippen LogP contribution in [0.2, 0.25) is 0 Å². The van der Waals surface area contributed by atoms with Crippen molar-refractivity contribution in [2.75, 3.05) is 0 Å². The summed E-state index contributed by atoms with van der Waals surface area (Å²) in [5, 5.41) is 1.23. The molecule has 0 aliphatic carbocycles. The van der Waals surface area contributed by atoms with Gasteiger partial charge < -0.3 is 5.73 Å². The quantitative estimate of drug-likeness (QED) is 0.677. The second kappa shape index (κ2) is 9.55. The highest BCUT2D eigenvalue weighted by molar-refractivity contribution is 5.86. The van der Waals surface area contributed by atoms with Crippen LogP contribution in [0.5, 0.6) is 0 Å². The number of benzene rings is 2. The first kappa shape index (κ1) is 24.8. The number of nitrogens with zero attached hydrogens (tertiary/aromatic N) is 1. The summed E-state index contributed by atoms with van der Waals surface area (Å²) in [4.78, 5) is 26.0. The average Bonchev–Trinajstić information content (AvgIpc) is 2.84. The summed E-state index contributed by atoms with van der Waals surface area (Å²) in [6, 6.07) is 12.8. The molecule has 0 saturated carbocycles. The standard InChI is InChI=1S/C25H30F3N3O2/c1-24(2,3)15-22(32)30-31-21(17-9-11-19(12-10-17)25(26,27)28)14-18(13-20(29)23(31)33)16-7-5-4-6-8-16/h4-12,18,20-21H,13-15,29H2,1-3H3,(H,30,32). The summed E-state index contributed by atoms with van der Waals surface area (Å²) in [7, 11) is 0. The highest BCUT2D eigenvalue weighted by Crippen LogP contribution is 2.39. The van der Waals surface area contributed by atoms with Gasteiger partial charge in [-0.15, -0.1) is 0 Å². The minimum Gasteiger partial charge on any atom is -0.320 e. The van der Waals surface area contributed by atoms with E-state index in [2.05, 4.69) is 5.43 Å². The molecule has 0 radical (unpaired) electrons. The van der Waals surface area contributed by atoms with Crippen molar-refractivity contribution >= 4 is 11.8 Å². The number of amides is 2. The van der Waals surface area contributed by atoms with Crippen molar-refractivity contribution in [2.24, 2.45) is 11.1 Å². The van der Waals surface area contributed by atoms with E-state index >= 15 is 0 Å². The Hall–Kier alpha value is -2.87. The number of rotatable bonds is 4. The van der Waals surface area contributed by atoms with Crippen LogP contribution in [-0.4, -0.2) is 22.9 Å². The molecule has 2 amide bonds. The van der Waals surface area contributed by atoms with E-state index in [-0.39, 0.29) is 23.7 Å². The van der Waals surface area contributed by atoms with Crippen LogP contribution in [0.1, 0.15) is 68.7 Å². The molecule has 178 valence electrons. The van der Waals surface area contributed by atoms with Crippen molar-refractivity contribution in [3.8, 4) is 0 Å². The predicted octanol–water partition coefficient (Wildman–Crippen LogP) is 4.95. The maximum atomic E-state index is 13.2. The summed E-state index contributed by atoms with van der Waals surface area (Å²) in [5.74, 6) is -0.916. The average molecular weight is 462 g/mol. The Morgan fingerprint density at radius 2 is 1.61 bits per heavy atom. The number of alkyl halides is 3. The van der Waals surface area contributed by atoms with Gasteiger partial charge in [-0.25, -0.2) is 5.01 Å². The fraction of sp³-hybridized carbons (Fsp3) is 0.440. The lowest BCUT2D eigenvalue weighted by Crippen LogP contribution is -2.53. The van der Waals surface area contributed by atoms with Gasteiger partial charge in [-0.1, -0.05) is 63.2 Å². The van der Waals surface area contributed by atoms with Crippen molar-refractivity contribution < 1.29 is 22.8 Å². The van der Waals surface area contributed by atoms with Gasteiger partial charge >= 0.3 is 6.18 Å². The molecule has 1 saturated heterocycles. The second-order valence-corrected chi connectivity index (χ2v) is 9.80. The molecule has 33 heavy (non-hydrogen) atoms. The molecule has 3 N–H and O–H groups in total. The lowest BCUT2D eigenvalue weighted by atomic mass is 9.86. The maximum Gasteiger partial charge on any atom is 0.416 e. The van der Waals surface area contributed by atoms with Crippen molar-refractivity contribution in [3.05, 3.63) is 71.3 Å². The molecule has 5 nitrogen and oxygen atoms in total. The van der Waals surface area contributed by atoms with Gasteiger partial charge in [0, 0.05) is 6.42 Å². The van der Waals surface area contributed by atoms with E-state index in [1.165, 1.54) is 17.1 Å². The Bertz CT molecular complexity index is 969. The van der Waals surface area contributed by atoms with Crippen molar-refractivity contribution in [1.82, 2.24) is 10.4 Å². The van der Waals surface area contributed by atoms with Crippen LogP contribution in [0.15, 0.2) is 54.6 Å². The Balaban J connectivity index is 2.00. The number of hydrazine groups is 1. The normalized spacial score (nSPS) is 22.1. The monoisotopic (exact) mass is 461 g/mol. The summed E-state index contributed by atoms with van der Waals surface area (Å²) >= 11 is 0. The third-order valence-corrected chi connectivity index (χ3v) is 5.74. The number of carbonyl (C=O) groups excluding carboxylic acids is 2. The zero-order chi connectivity index (χ0) is 24.4. The lowest BCUT2D eigenvalue weighted by Gasteiger charge is -2.33. The van der Waals surface area contributed by atoms with E-state index in [4.69, 9.17) is 5.73 Å². The van der Waals surface area contributed by atoms with Crippen LogP contribution in [0, 0.1) is 5.41 Å². The first-order chi connectivity index (χ1) is 15.3. The molecule has 1 fully saturated rings. The fourth-order valence-corrected chi connectivity index (χ4v) is 4.18. The molecule has 2 aromatic rings. The Kier molecular flexibility index (Phi) is 7.17. The molecule has 8 heteroatoms. The van der Waals surface area contributed by atoms with E-state index in [1.54, 1.807) is 0 Å². The molecule has 3 atom stereocenters. The van der Waals surface area contributed by atoms with Gasteiger partial charge in [0.25, 0.3) is 5.91 Å². The largest absolute Gasteiger partial charge is 0.416 e. The topological polar surface area (TPSA) is 75.4 Å². The second-order valence-electron chi connectivity index (χ2n) is 9.80. The lowest BCUT2D eigenvalue weighted by molar-refractivity contribution is -0.145. The molecule has 1 aliphatic heterocycles. The zero-order valence-corrected chi connectivity index (χ0v) is 19.0. The SMILES string of the molecule is CC(C)(C)CC(=O)NN1C(=O)C(N)CC(c2ccccc2)CC1c1ccc(C(F)(F)F)cc1. The number of hydrogen-bond acceptors (Lipinski definition) is 3. The maximum absolute atomic E-state index is 13.2. The molecule has 3 unspecified atom stereocenters. The molecule has 2 aromatic carbocycles. The number of nitrogens with two attached hydrogens (primary N) is 1. The highest BCUT2D eigenvalue weighted by atomic mass is 19.4. The number of nitrogens with one attached hydrogen (secondary N) is 1. The van der Waals surface area contributed by atoms with Crippen molar-refractivity contribution in [2.45, 2.75) is 64.2 Å². The minimum absolute atomic E-state index is 0.109. The van der Waals surface area contributed by atoms with Crippen LogP contribution in [0.4, 0.5) is 13.2 Å². The van der Waals surface area contributed by atoms with Crippen LogP contribution in [0.25, 0.3) is 0 Å². The molecule has 1 aliphatic rings.